The molecule has 4 heteroatoms. The van der Waals surface area contributed by atoms with Crippen LogP contribution >= 0.6 is 0 Å². The molecule has 0 bridgehead atoms. The van der Waals surface area contributed by atoms with E-state index in [9.17, 15) is 4.79 Å². The number of hydrogen-bond donors (Lipinski definition) is 2. The normalized spacial score (nSPS) is 8.92. The average molecular weight is 342 g/mol. The fourth-order valence-electron chi connectivity index (χ4n) is 2.36. The van der Waals surface area contributed by atoms with Crippen molar-refractivity contribution in [3.8, 4) is 0 Å². The van der Waals surface area contributed by atoms with E-state index in [1.165, 1.54) is 11.1 Å². The van der Waals surface area contributed by atoms with Crippen LogP contribution in [0.3, 0.4) is 0 Å². The topological polar surface area (TPSA) is 61.7 Å². The van der Waals surface area contributed by atoms with Crippen LogP contribution in [0.1, 0.15) is 49.9 Å². The number of carbonyl (C=O) groups excluding carboxylic acids is 1. The standard InChI is InChI=1S/C17H18N2O2.2C2H6/c1-12-7-14(3-5-16(12)18-10-20)9-15-4-6-17(19-11-21)13(2)8-15;2*1-2/h3-8,18,20H,9-10H2,1-2H3;2*1-2H3. The van der Waals surface area contributed by atoms with E-state index in [2.05, 4.69) is 16.4 Å². The average Bonchev–Trinajstić information content (AvgIpc) is 2.63. The van der Waals surface area contributed by atoms with E-state index in [-0.39, 0.29) is 6.73 Å². The summed E-state index contributed by atoms with van der Waals surface area (Å²) in [4.78, 5) is 14.0. The van der Waals surface area contributed by atoms with Gasteiger partial charge in [0, 0.05) is 5.69 Å². The summed E-state index contributed by atoms with van der Waals surface area (Å²) in [7, 11) is 0. The molecule has 0 heterocycles. The Morgan fingerprint density at radius 3 is 2.00 bits per heavy atom. The molecule has 0 aliphatic rings. The first kappa shape index (κ1) is 22.6. The second-order valence-electron chi connectivity index (χ2n) is 4.98. The minimum atomic E-state index is -0.0713. The second-order valence-corrected chi connectivity index (χ2v) is 4.98. The van der Waals surface area contributed by atoms with Crippen molar-refractivity contribution in [2.45, 2.75) is 48.0 Å². The molecule has 0 saturated heterocycles. The lowest BCUT2D eigenvalue weighted by molar-refractivity contribution is 0.325. The number of aliphatic hydroxyl groups excluding tert-OH is 1. The maximum absolute atomic E-state index is 10.3. The first-order valence-corrected chi connectivity index (χ1v) is 8.75. The van der Waals surface area contributed by atoms with Crippen LogP contribution in [-0.4, -0.2) is 17.9 Å². The van der Waals surface area contributed by atoms with Gasteiger partial charge in [-0.15, -0.1) is 0 Å². The number of aryl methyl sites for hydroxylation is 2. The zero-order valence-electron chi connectivity index (χ0n) is 16.2. The SMILES string of the molecule is CC.CC.Cc1cc(Cc2ccc(NCO)c(C)c2)ccc1N=C=O. The third-order valence-corrected chi connectivity index (χ3v) is 3.40. The molecule has 2 aromatic carbocycles. The van der Waals surface area contributed by atoms with E-state index in [0.717, 1.165) is 23.2 Å². The van der Waals surface area contributed by atoms with Gasteiger partial charge in [-0.3, -0.25) is 0 Å². The lowest BCUT2D eigenvalue weighted by Crippen LogP contribution is -2.01. The predicted molar refractivity (Wildman–Crippen MR) is 106 cm³/mol. The molecule has 2 rings (SSSR count). The summed E-state index contributed by atoms with van der Waals surface area (Å²) in [6, 6.07) is 12.0. The highest BCUT2D eigenvalue weighted by atomic mass is 16.3. The third kappa shape index (κ3) is 7.34. The first-order valence-electron chi connectivity index (χ1n) is 8.75. The Kier molecular flexibility index (Phi) is 11.7. The molecule has 0 fully saturated rings. The molecule has 0 amide bonds. The highest BCUT2D eigenvalue weighted by Crippen LogP contribution is 2.22. The smallest absolute Gasteiger partial charge is 0.240 e. The Morgan fingerprint density at radius 2 is 1.52 bits per heavy atom. The molecule has 2 aromatic rings. The zero-order chi connectivity index (χ0) is 19.2. The van der Waals surface area contributed by atoms with E-state index in [4.69, 9.17) is 5.11 Å². The summed E-state index contributed by atoms with van der Waals surface area (Å²) < 4.78 is 0. The Bertz CT molecular complexity index is 690. The van der Waals surface area contributed by atoms with Gasteiger partial charge in [-0.25, -0.2) is 4.79 Å². The van der Waals surface area contributed by atoms with E-state index < -0.39 is 0 Å². The molecule has 0 saturated carbocycles. The van der Waals surface area contributed by atoms with Gasteiger partial charge in [0.05, 0.1) is 5.69 Å². The van der Waals surface area contributed by atoms with Gasteiger partial charge >= 0.3 is 0 Å². The summed E-state index contributed by atoms with van der Waals surface area (Å²) in [5.41, 5.74) is 6.02. The summed E-state index contributed by atoms with van der Waals surface area (Å²) in [6.45, 7) is 11.9. The van der Waals surface area contributed by atoms with Crippen molar-refractivity contribution < 1.29 is 9.90 Å². The number of benzene rings is 2. The van der Waals surface area contributed by atoms with Crippen LogP contribution in [0.4, 0.5) is 11.4 Å². The molecule has 0 spiro atoms. The maximum atomic E-state index is 10.3. The molecule has 136 valence electrons. The van der Waals surface area contributed by atoms with Crippen LogP contribution in [-0.2, 0) is 11.2 Å². The van der Waals surface area contributed by atoms with Gasteiger partial charge in [-0.1, -0.05) is 52.0 Å². The van der Waals surface area contributed by atoms with Crippen LogP contribution in [0, 0.1) is 13.8 Å². The van der Waals surface area contributed by atoms with Gasteiger partial charge in [-0.05, 0) is 54.7 Å². The minimum absolute atomic E-state index is 0.0713. The Hall–Kier alpha value is -2.42. The van der Waals surface area contributed by atoms with Crippen molar-refractivity contribution in [2.24, 2.45) is 4.99 Å². The summed E-state index contributed by atoms with van der Waals surface area (Å²) >= 11 is 0. The number of isocyanates is 1. The monoisotopic (exact) mass is 342 g/mol. The van der Waals surface area contributed by atoms with Gasteiger partial charge in [0.2, 0.25) is 6.08 Å². The molecule has 25 heavy (non-hydrogen) atoms. The number of aliphatic imine (C=N–C) groups is 1. The van der Waals surface area contributed by atoms with Crippen LogP contribution < -0.4 is 5.32 Å². The fourth-order valence-corrected chi connectivity index (χ4v) is 2.36. The minimum Gasteiger partial charge on any atom is -0.377 e. The highest BCUT2D eigenvalue weighted by molar-refractivity contribution is 5.55. The third-order valence-electron chi connectivity index (χ3n) is 3.40. The molecule has 0 atom stereocenters. The molecule has 0 aliphatic carbocycles. The van der Waals surface area contributed by atoms with Crippen LogP contribution in [0.5, 0.6) is 0 Å². The van der Waals surface area contributed by atoms with Crippen molar-refractivity contribution in [3.63, 3.8) is 0 Å². The molecule has 4 nitrogen and oxygen atoms in total. The highest BCUT2D eigenvalue weighted by Gasteiger charge is 2.03. The second kappa shape index (κ2) is 12.9. The molecule has 0 unspecified atom stereocenters. The zero-order valence-corrected chi connectivity index (χ0v) is 16.2. The van der Waals surface area contributed by atoms with Crippen molar-refractivity contribution in [1.82, 2.24) is 0 Å². The van der Waals surface area contributed by atoms with Crippen molar-refractivity contribution in [2.75, 3.05) is 12.0 Å². The number of nitrogens with one attached hydrogen (secondary N) is 1. The number of aliphatic hydroxyl groups is 1. The van der Waals surface area contributed by atoms with E-state index >= 15 is 0 Å². The molecule has 0 aliphatic heterocycles. The maximum Gasteiger partial charge on any atom is 0.240 e. The molecule has 0 aromatic heterocycles. The molecular formula is C21H30N2O2. The lowest BCUT2D eigenvalue weighted by atomic mass is 10.0. The van der Waals surface area contributed by atoms with Gasteiger partial charge < -0.3 is 10.4 Å². The summed E-state index contributed by atoms with van der Waals surface area (Å²) in [5.74, 6) is 0. The van der Waals surface area contributed by atoms with Gasteiger partial charge in [0.1, 0.15) is 6.73 Å². The summed E-state index contributed by atoms with van der Waals surface area (Å²) in [5, 5.41) is 11.8. The lowest BCUT2D eigenvalue weighted by Gasteiger charge is -2.10. The van der Waals surface area contributed by atoms with Crippen molar-refractivity contribution >= 4 is 17.5 Å². The van der Waals surface area contributed by atoms with E-state index in [1.807, 2.05) is 71.9 Å². The van der Waals surface area contributed by atoms with Crippen LogP contribution in [0.25, 0.3) is 0 Å². The number of hydrogen-bond acceptors (Lipinski definition) is 4. The van der Waals surface area contributed by atoms with Crippen LogP contribution in [0.15, 0.2) is 41.4 Å². The number of anilines is 1. The molecule has 0 radical (unpaired) electrons. The Morgan fingerprint density at radius 1 is 0.960 bits per heavy atom. The molecular weight excluding hydrogens is 312 g/mol. The Labute approximate surface area is 151 Å². The van der Waals surface area contributed by atoms with Gasteiger partial charge in [-0.2, -0.15) is 4.99 Å². The quantitative estimate of drug-likeness (QED) is 0.442. The largest absolute Gasteiger partial charge is 0.377 e. The van der Waals surface area contributed by atoms with Crippen LogP contribution in [0.2, 0.25) is 0 Å². The van der Waals surface area contributed by atoms with Crippen molar-refractivity contribution in [1.29, 1.82) is 0 Å². The van der Waals surface area contributed by atoms with Crippen molar-refractivity contribution in [3.05, 3.63) is 58.7 Å². The first-order chi connectivity index (χ1) is 12.1. The fraction of sp³-hybridized carbons (Fsp3) is 0.381. The van der Waals surface area contributed by atoms with E-state index in [1.54, 1.807) is 6.08 Å². The number of rotatable bonds is 5. The van der Waals surface area contributed by atoms with Gasteiger partial charge in [0.15, 0.2) is 0 Å². The Balaban J connectivity index is 0.00000134. The van der Waals surface area contributed by atoms with Gasteiger partial charge in [0.25, 0.3) is 0 Å². The summed E-state index contributed by atoms with van der Waals surface area (Å²) in [6.07, 6.45) is 2.38. The van der Waals surface area contributed by atoms with E-state index in [0.29, 0.717) is 5.69 Å². The number of nitrogens with zero attached hydrogens (tertiary/aromatic N) is 1. The predicted octanol–water partition coefficient (Wildman–Crippen LogP) is 5.28. The molecule has 2 N–H and O–H groups in total.